The quantitative estimate of drug-likeness (QED) is 0.796. The van der Waals surface area contributed by atoms with Crippen molar-refractivity contribution < 1.29 is 8.42 Å². The number of unbranched alkanes of at least 4 members (excludes halogenated alkanes) is 1. The fourth-order valence-electron chi connectivity index (χ4n) is 1.74. The first-order chi connectivity index (χ1) is 8.49. The molecule has 0 aromatic carbocycles. The van der Waals surface area contributed by atoms with Crippen LogP contribution in [0.25, 0.3) is 0 Å². The molecule has 0 bridgehead atoms. The van der Waals surface area contributed by atoms with Crippen LogP contribution in [0.2, 0.25) is 0 Å². The molecule has 0 fully saturated rings. The van der Waals surface area contributed by atoms with Crippen LogP contribution in [0.15, 0.2) is 16.3 Å². The van der Waals surface area contributed by atoms with E-state index in [0.29, 0.717) is 16.7 Å². The van der Waals surface area contributed by atoms with Crippen LogP contribution in [0, 0.1) is 12.8 Å². The van der Waals surface area contributed by atoms with E-state index < -0.39 is 10.0 Å². The molecule has 1 atom stereocenters. The first kappa shape index (κ1) is 15.7. The minimum atomic E-state index is -3.34. The Balaban J connectivity index is 2.55. The smallest absolute Gasteiger partial charge is 0.210 e. The van der Waals surface area contributed by atoms with E-state index in [0.717, 1.165) is 30.6 Å². The summed E-state index contributed by atoms with van der Waals surface area (Å²) in [5.74, 6) is 0.430. The normalized spacial score (nSPS) is 13.7. The van der Waals surface area contributed by atoms with Crippen LogP contribution in [0.4, 0.5) is 0 Å². The van der Waals surface area contributed by atoms with E-state index in [2.05, 4.69) is 25.5 Å². The minimum Gasteiger partial charge on any atom is -0.210 e. The van der Waals surface area contributed by atoms with Gasteiger partial charge in [0.15, 0.2) is 0 Å². The fourth-order valence-corrected chi connectivity index (χ4v) is 4.06. The van der Waals surface area contributed by atoms with Crippen molar-refractivity contribution in [3.63, 3.8) is 0 Å². The van der Waals surface area contributed by atoms with Crippen LogP contribution in [0.1, 0.15) is 44.4 Å². The van der Waals surface area contributed by atoms with Gasteiger partial charge in [-0.05, 0) is 31.4 Å². The van der Waals surface area contributed by atoms with Gasteiger partial charge in [-0.3, -0.25) is 0 Å². The molecule has 1 radical (unpaired) electrons. The first-order valence-electron chi connectivity index (χ1n) is 6.41. The zero-order chi connectivity index (χ0) is 13.6. The summed E-state index contributed by atoms with van der Waals surface area (Å²) in [6, 6.07) is 3.34. The Labute approximate surface area is 115 Å². The molecule has 103 valence electrons. The zero-order valence-corrected chi connectivity index (χ0v) is 12.7. The molecule has 0 aliphatic rings. The van der Waals surface area contributed by atoms with Crippen molar-refractivity contribution >= 4 is 21.4 Å². The molecule has 0 saturated carbocycles. The van der Waals surface area contributed by atoms with E-state index >= 15 is 0 Å². The summed E-state index contributed by atoms with van der Waals surface area (Å²) >= 11 is 1.21. The highest BCUT2D eigenvalue weighted by Gasteiger charge is 2.17. The summed E-state index contributed by atoms with van der Waals surface area (Å²) in [4.78, 5) is 0.772. The van der Waals surface area contributed by atoms with Crippen molar-refractivity contribution in [2.24, 2.45) is 5.92 Å². The van der Waals surface area contributed by atoms with Crippen molar-refractivity contribution in [2.45, 2.75) is 43.7 Å². The number of nitrogens with one attached hydrogen (secondary N) is 1. The molecule has 5 heteroatoms. The SMILES string of the molecule is [CH2]c1ccc(S(=O)(=O)NCC(CC)CCCC)s1. The summed E-state index contributed by atoms with van der Waals surface area (Å²) in [5, 5.41) is 0. The number of hydrogen-bond donors (Lipinski definition) is 1. The molecule has 1 N–H and O–H groups in total. The Morgan fingerprint density at radius 3 is 2.61 bits per heavy atom. The van der Waals surface area contributed by atoms with Crippen molar-refractivity contribution in [3.05, 3.63) is 23.9 Å². The summed E-state index contributed by atoms with van der Waals surface area (Å²) in [5.41, 5.74) is 0. The number of thiophene rings is 1. The number of rotatable bonds is 8. The van der Waals surface area contributed by atoms with E-state index in [9.17, 15) is 8.42 Å². The summed E-state index contributed by atoms with van der Waals surface area (Å²) in [6.07, 6.45) is 4.40. The molecule has 1 aromatic heterocycles. The van der Waals surface area contributed by atoms with Crippen LogP contribution in [0.5, 0.6) is 0 Å². The third-order valence-corrected chi connectivity index (χ3v) is 5.86. The Hall–Kier alpha value is -0.390. The van der Waals surface area contributed by atoms with Crippen molar-refractivity contribution in [1.29, 1.82) is 0 Å². The molecule has 0 spiro atoms. The van der Waals surface area contributed by atoms with Gasteiger partial charge in [0.05, 0.1) is 0 Å². The second kappa shape index (κ2) is 7.26. The van der Waals surface area contributed by atoms with Gasteiger partial charge in [0.1, 0.15) is 4.21 Å². The second-order valence-electron chi connectivity index (χ2n) is 4.49. The van der Waals surface area contributed by atoms with Gasteiger partial charge < -0.3 is 0 Å². The monoisotopic (exact) mass is 288 g/mol. The van der Waals surface area contributed by atoms with Crippen LogP contribution < -0.4 is 4.72 Å². The van der Waals surface area contributed by atoms with E-state index in [1.807, 2.05) is 0 Å². The molecule has 0 aliphatic heterocycles. The maximum atomic E-state index is 12.0. The van der Waals surface area contributed by atoms with Gasteiger partial charge in [-0.15, -0.1) is 11.3 Å². The molecule has 1 rings (SSSR count). The topological polar surface area (TPSA) is 46.2 Å². The molecule has 18 heavy (non-hydrogen) atoms. The highest BCUT2D eigenvalue weighted by atomic mass is 32.2. The molecule has 1 aromatic rings. The van der Waals surface area contributed by atoms with Gasteiger partial charge >= 0.3 is 0 Å². The van der Waals surface area contributed by atoms with E-state index in [1.165, 1.54) is 11.3 Å². The molecular weight excluding hydrogens is 266 g/mol. The average Bonchev–Trinajstić information content (AvgIpc) is 2.77. The number of hydrogen-bond acceptors (Lipinski definition) is 3. The maximum absolute atomic E-state index is 12.0. The van der Waals surface area contributed by atoms with Gasteiger partial charge in [-0.25, -0.2) is 13.1 Å². The van der Waals surface area contributed by atoms with Crippen LogP contribution in [0.3, 0.4) is 0 Å². The van der Waals surface area contributed by atoms with Crippen molar-refractivity contribution in [1.82, 2.24) is 4.72 Å². The highest BCUT2D eigenvalue weighted by molar-refractivity contribution is 7.91. The van der Waals surface area contributed by atoms with E-state index in [-0.39, 0.29) is 0 Å². The average molecular weight is 288 g/mol. The fraction of sp³-hybridized carbons (Fsp3) is 0.615. The summed E-state index contributed by atoms with van der Waals surface area (Å²) in [6.45, 7) is 8.52. The van der Waals surface area contributed by atoms with Gasteiger partial charge in [0, 0.05) is 11.4 Å². The standard InChI is InChI=1S/C13H22NO2S2/c1-4-6-7-12(5-2)10-14-18(15,16)13-9-8-11(3)17-13/h8-9,12,14H,3-7,10H2,1-2H3. The second-order valence-corrected chi connectivity index (χ2v) is 7.65. The summed E-state index contributed by atoms with van der Waals surface area (Å²) < 4.78 is 27.1. The molecule has 1 heterocycles. The lowest BCUT2D eigenvalue weighted by Crippen LogP contribution is -2.28. The largest absolute Gasteiger partial charge is 0.250 e. The third kappa shape index (κ3) is 4.71. The van der Waals surface area contributed by atoms with Crippen molar-refractivity contribution in [2.75, 3.05) is 6.54 Å². The molecule has 0 aliphatic carbocycles. The van der Waals surface area contributed by atoms with Crippen LogP contribution in [-0.2, 0) is 10.0 Å². The van der Waals surface area contributed by atoms with Crippen molar-refractivity contribution in [3.8, 4) is 0 Å². The first-order valence-corrected chi connectivity index (χ1v) is 8.71. The highest BCUT2D eigenvalue weighted by Crippen LogP contribution is 2.21. The Kier molecular flexibility index (Phi) is 6.32. The summed E-state index contributed by atoms with van der Waals surface area (Å²) in [7, 11) is -3.34. The lowest BCUT2D eigenvalue weighted by atomic mass is 10.00. The Bertz CT molecular complexity index is 451. The maximum Gasteiger partial charge on any atom is 0.250 e. The van der Waals surface area contributed by atoms with Crippen LogP contribution >= 0.6 is 11.3 Å². The minimum absolute atomic E-state index is 0.359. The van der Waals surface area contributed by atoms with E-state index in [1.54, 1.807) is 12.1 Å². The molecular formula is C13H22NO2S2. The van der Waals surface area contributed by atoms with Gasteiger partial charge in [-0.2, -0.15) is 0 Å². The van der Waals surface area contributed by atoms with Gasteiger partial charge in [0.2, 0.25) is 10.0 Å². The number of sulfonamides is 1. The predicted octanol–water partition coefficient (Wildman–Crippen LogP) is 3.42. The Morgan fingerprint density at radius 1 is 1.39 bits per heavy atom. The molecule has 3 nitrogen and oxygen atoms in total. The molecule has 1 unspecified atom stereocenters. The van der Waals surface area contributed by atoms with Crippen LogP contribution in [-0.4, -0.2) is 15.0 Å². The van der Waals surface area contributed by atoms with Gasteiger partial charge in [-0.1, -0.05) is 33.1 Å². The third-order valence-electron chi connectivity index (χ3n) is 3.01. The molecule has 0 saturated heterocycles. The Morgan fingerprint density at radius 2 is 2.11 bits per heavy atom. The zero-order valence-electron chi connectivity index (χ0n) is 11.1. The lowest BCUT2D eigenvalue weighted by Gasteiger charge is -2.14. The lowest BCUT2D eigenvalue weighted by molar-refractivity contribution is 0.444. The predicted molar refractivity (Wildman–Crippen MR) is 77.3 cm³/mol. The molecule has 0 amide bonds. The van der Waals surface area contributed by atoms with Gasteiger partial charge in [0.25, 0.3) is 0 Å². The van der Waals surface area contributed by atoms with E-state index in [4.69, 9.17) is 0 Å².